The number of rotatable bonds is 8. The number of benzene rings is 1. The maximum absolute atomic E-state index is 11.7. The average molecular weight is 603 g/mol. The molecule has 4 rings (SSSR count). The van der Waals surface area contributed by atoms with Crippen LogP contribution in [-0.2, 0) is 4.74 Å². The number of aromatic nitrogens is 2. The number of aliphatic hydroxyl groups is 1. The summed E-state index contributed by atoms with van der Waals surface area (Å²) in [5, 5.41) is 16.4. The predicted octanol–water partition coefficient (Wildman–Crippen LogP) is 5.18. The van der Waals surface area contributed by atoms with Gasteiger partial charge >= 0.3 is 5.69 Å². The lowest BCUT2D eigenvalue weighted by Gasteiger charge is -2.14. The number of halogens is 1. The summed E-state index contributed by atoms with van der Waals surface area (Å²) in [4.78, 5) is 28.4. The number of nitrogens with one attached hydrogen (secondary N) is 2. The second kappa shape index (κ2) is 14.7. The minimum Gasteiger partial charge on any atom is -0.488 e. The van der Waals surface area contributed by atoms with Crippen molar-refractivity contribution in [1.82, 2.24) is 9.55 Å². The van der Waals surface area contributed by atoms with E-state index in [0.717, 1.165) is 17.0 Å². The summed E-state index contributed by atoms with van der Waals surface area (Å²) in [6.45, 7) is 7.66. The molecule has 3 atom stereocenters. The molecule has 1 aliphatic rings. The molecule has 3 aromatic rings. The second-order valence-electron chi connectivity index (χ2n) is 9.38. The molecule has 0 spiro atoms. The Morgan fingerprint density at radius 3 is 2.76 bits per heavy atom. The van der Waals surface area contributed by atoms with E-state index in [1.54, 1.807) is 19.3 Å². The van der Waals surface area contributed by atoms with Crippen molar-refractivity contribution in [3.63, 3.8) is 0 Å². The van der Waals surface area contributed by atoms with E-state index in [-0.39, 0.29) is 13.0 Å². The molecule has 1 aromatic carbocycles. The maximum Gasteiger partial charge on any atom is 0.330 e. The van der Waals surface area contributed by atoms with Gasteiger partial charge in [0.25, 0.3) is 5.56 Å². The average Bonchev–Trinajstić information content (AvgIpc) is 3.54. The molecule has 3 N–H and O–H groups in total. The SMILES string of the molecule is CC(C)=CCOc1cc(NC(=S)c2ccoc2C)ccc1Cl.Cc1cn([C@H]2C[C@H](N=[N+]=[N-])[C@@H](CO)O2)c(=O)[nH]c1=O. The number of aliphatic hydroxyl groups excluding tert-OH is 1. The molecule has 3 heterocycles. The van der Waals surface area contributed by atoms with Gasteiger partial charge in [-0.15, -0.1) is 0 Å². The maximum atomic E-state index is 11.7. The van der Waals surface area contributed by atoms with Crippen LogP contribution in [0.4, 0.5) is 5.69 Å². The van der Waals surface area contributed by atoms with Crippen molar-refractivity contribution in [3.8, 4) is 5.75 Å². The third kappa shape index (κ3) is 8.56. The van der Waals surface area contributed by atoms with Crippen LogP contribution >= 0.6 is 23.8 Å². The number of allylic oxidation sites excluding steroid dienone is 1. The lowest BCUT2D eigenvalue weighted by atomic mass is 10.1. The van der Waals surface area contributed by atoms with Crippen LogP contribution in [0.2, 0.25) is 5.02 Å². The molecule has 14 heteroatoms. The fourth-order valence-corrected chi connectivity index (χ4v) is 4.35. The zero-order chi connectivity index (χ0) is 30.1. The topological polar surface area (TPSA) is 167 Å². The summed E-state index contributed by atoms with van der Waals surface area (Å²) in [5.74, 6) is 1.40. The summed E-state index contributed by atoms with van der Waals surface area (Å²) in [6.07, 6.45) is 3.94. The lowest BCUT2D eigenvalue weighted by molar-refractivity contribution is -0.0271. The van der Waals surface area contributed by atoms with Crippen molar-refractivity contribution >= 4 is 34.5 Å². The minimum atomic E-state index is -0.671. The smallest absolute Gasteiger partial charge is 0.330 e. The van der Waals surface area contributed by atoms with Crippen LogP contribution in [0.5, 0.6) is 5.75 Å². The molecule has 41 heavy (non-hydrogen) atoms. The second-order valence-corrected chi connectivity index (χ2v) is 10.2. The van der Waals surface area contributed by atoms with Gasteiger partial charge in [0.2, 0.25) is 0 Å². The van der Waals surface area contributed by atoms with Crippen molar-refractivity contribution < 1.29 is 19.0 Å². The first-order chi connectivity index (χ1) is 19.5. The van der Waals surface area contributed by atoms with Crippen molar-refractivity contribution in [2.45, 2.75) is 52.5 Å². The number of furan rings is 1. The van der Waals surface area contributed by atoms with E-state index in [0.29, 0.717) is 27.9 Å². The Morgan fingerprint density at radius 2 is 2.12 bits per heavy atom. The molecule has 0 radical (unpaired) electrons. The number of thiocarbonyl (C=S) groups is 1. The molecule has 218 valence electrons. The highest BCUT2D eigenvalue weighted by Gasteiger charge is 2.35. The van der Waals surface area contributed by atoms with E-state index in [4.69, 9.17) is 48.3 Å². The number of azide groups is 1. The predicted molar refractivity (Wildman–Crippen MR) is 160 cm³/mol. The molecule has 0 aliphatic carbocycles. The molecular weight excluding hydrogens is 572 g/mol. The molecule has 0 amide bonds. The van der Waals surface area contributed by atoms with Crippen LogP contribution in [0.25, 0.3) is 10.4 Å². The van der Waals surface area contributed by atoms with Crippen LogP contribution in [0.15, 0.2) is 67.5 Å². The number of anilines is 1. The van der Waals surface area contributed by atoms with Gasteiger partial charge in [-0.2, -0.15) is 0 Å². The Hall–Kier alpha value is -3.87. The third-order valence-electron chi connectivity index (χ3n) is 6.06. The molecule has 1 saturated heterocycles. The summed E-state index contributed by atoms with van der Waals surface area (Å²) < 4.78 is 17.6. The summed E-state index contributed by atoms with van der Waals surface area (Å²) >= 11 is 11.5. The third-order valence-corrected chi connectivity index (χ3v) is 6.70. The van der Waals surface area contributed by atoms with E-state index in [1.807, 2.05) is 45.0 Å². The molecule has 0 saturated carbocycles. The van der Waals surface area contributed by atoms with Gasteiger partial charge in [-0.3, -0.25) is 14.3 Å². The summed E-state index contributed by atoms with van der Waals surface area (Å²) in [6, 6.07) is 6.78. The molecule has 0 bridgehead atoms. The number of hydrogen-bond acceptors (Lipinski definition) is 8. The van der Waals surface area contributed by atoms with Crippen molar-refractivity contribution in [3.05, 3.63) is 102 Å². The van der Waals surface area contributed by atoms with E-state index < -0.39 is 29.6 Å². The van der Waals surface area contributed by atoms with Crippen LogP contribution in [0.1, 0.15) is 43.4 Å². The van der Waals surface area contributed by atoms with E-state index >= 15 is 0 Å². The Balaban J connectivity index is 0.000000228. The quantitative estimate of drug-likeness (QED) is 0.104. The highest BCUT2D eigenvalue weighted by Crippen LogP contribution is 2.30. The molecule has 0 unspecified atom stereocenters. The number of aryl methyl sites for hydroxylation is 2. The van der Waals surface area contributed by atoms with Crippen molar-refractivity contribution in [2.75, 3.05) is 18.5 Å². The number of aromatic amines is 1. The number of hydrogen-bond donors (Lipinski definition) is 3. The van der Waals surface area contributed by atoms with Crippen molar-refractivity contribution in [2.24, 2.45) is 5.11 Å². The normalized spacial score (nSPS) is 17.6. The number of ether oxygens (including phenoxy) is 2. The lowest BCUT2D eigenvalue weighted by Crippen LogP contribution is -2.33. The van der Waals surface area contributed by atoms with Crippen LogP contribution in [0, 0.1) is 13.8 Å². The Labute approximate surface area is 246 Å². The monoisotopic (exact) mass is 602 g/mol. The zero-order valence-electron chi connectivity index (χ0n) is 23.0. The summed E-state index contributed by atoms with van der Waals surface area (Å²) in [5.41, 5.74) is 10.6. The van der Waals surface area contributed by atoms with Gasteiger partial charge in [0.15, 0.2) is 0 Å². The molecule has 1 fully saturated rings. The van der Waals surface area contributed by atoms with Gasteiger partial charge in [0.1, 0.15) is 29.3 Å². The van der Waals surface area contributed by atoms with Crippen molar-refractivity contribution in [1.29, 1.82) is 0 Å². The number of H-pyrrole nitrogens is 1. The molecule has 12 nitrogen and oxygen atoms in total. The van der Waals surface area contributed by atoms with Crippen LogP contribution < -0.4 is 21.3 Å². The van der Waals surface area contributed by atoms with Gasteiger partial charge in [-0.1, -0.05) is 34.5 Å². The molecular formula is C27H31ClN6O6S. The van der Waals surface area contributed by atoms with Gasteiger partial charge in [0.05, 0.1) is 35.6 Å². The van der Waals surface area contributed by atoms with Gasteiger partial charge in [0, 0.05) is 34.8 Å². The minimum absolute atomic E-state index is 0.265. The van der Waals surface area contributed by atoms with E-state index in [9.17, 15) is 9.59 Å². The highest BCUT2D eigenvalue weighted by molar-refractivity contribution is 7.81. The van der Waals surface area contributed by atoms with Gasteiger partial charge < -0.3 is 24.3 Å². The first-order valence-corrected chi connectivity index (χ1v) is 13.4. The first-order valence-electron chi connectivity index (χ1n) is 12.6. The largest absolute Gasteiger partial charge is 0.488 e. The molecule has 2 aromatic heterocycles. The standard InChI is InChI=1S/C17H18ClNO2S.C10H13N5O4/c1-11(2)6-8-21-16-10-13(4-5-15(16)18)19-17(22)14-7-9-20-12(14)3;1-5-3-15(10(18)12-9(5)17)8-2-6(13-14-11)7(4-16)19-8/h4-7,9-10H,8H2,1-3H3,(H,19,22);3,6-8,16H,2,4H2,1H3,(H,12,17,18)/t;6-,7+,8+/m.0/s1. The Morgan fingerprint density at radius 1 is 1.37 bits per heavy atom. The fraction of sp³-hybridized carbons (Fsp3) is 0.370. The molecule has 1 aliphatic heterocycles. The Kier molecular flexibility index (Phi) is 11.3. The van der Waals surface area contributed by atoms with E-state index in [2.05, 4.69) is 20.3 Å². The first kappa shape index (κ1) is 31.7. The van der Waals surface area contributed by atoms with Gasteiger partial charge in [-0.05, 0) is 57.5 Å². The Bertz CT molecular complexity index is 1570. The van der Waals surface area contributed by atoms with Crippen LogP contribution in [0.3, 0.4) is 0 Å². The van der Waals surface area contributed by atoms with Crippen LogP contribution in [-0.4, -0.2) is 45.0 Å². The zero-order valence-corrected chi connectivity index (χ0v) is 24.5. The van der Waals surface area contributed by atoms with E-state index in [1.165, 1.54) is 16.3 Å². The summed E-state index contributed by atoms with van der Waals surface area (Å²) in [7, 11) is 0. The van der Waals surface area contributed by atoms with Gasteiger partial charge in [-0.25, -0.2) is 4.79 Å². The number of nitrogens with zero attached hydrogens (tertiary/aromatic N) is 4. The highest BCUT2D eigenvalue weighted by atomic mass is 35.5. The fourth-order valence-electron chi connectivity index (χ4n) is 3.85.